The van der Waals surface area contributed by atoms with Crippen LogP contribution in [0.25, 0.3) is 0 Å². The minimum absolute atomic E-state index is 0.123. The molecule has 2 aliphatic heterocycles. The van der Waals surface area contributed by atoms with Crippen molar-refractivity contribution >= 4 is 35.2 Å². The van der Waals surface area contributed by atoms with E-state index < -0.39 is 23.2 Å². The molecule has 0 bridgehead atoms. The first-order valence-electron chi connectivity index (χ1n) is 14.7. The fourth-order valence-corrected chi connectivity index (χ4v) is 5.19. The topological polar surface area (TPSA) is 117 Å². The van der Waals surface area contributed by atoms with Crippen molar-refractivity contribution in [2.75, 3.05) is 35.3 Å². The van der Waals surface area contributed by atoms with E-state index in [0.717, 1.165) is 17.7 Å². The summed E-state index contributed by atoms with van der Waals surface area (Å²) in [7, 11) is 1.58. The maximum absolute atomic E-state index is 13.5. The van der Waals surface area contributed by atoms with E-state index in [2.05, 4.69) is 15.3 Å². The third-order valence-corrected chi connectivity index (χ3v) is 7.56. The Hall–Kier alpha value is -4.88. The number of aryl methyl sites for hydroxylation is 1. The lowest BCUT2D eigenvalue weighted by molar-refractivity contribution is -0.137. The number of alkyl halides is 3. The number of nitrogens with zero attached hydrogens (tertiary/aromatic N) is 5. The molecule has 1 saturated heterocycles. The van der Waals surface area contributed by atoms with E-state index in [1.807, 2.05) is 20.8 Å². The Balaban J connectivity index is 1.26. The highest BCUT2D eigenvalue weighted by Crippen LogP contribution is 2.34. The van der Waals surface area contributed by atoms with E-state index in [1.165, 1.54) is 21.9 Å². The first-order chi connectivity index (χ1) is 21.6. The van der Waals surface area contributed by atoms with Crippen LogP contribution in [0.4, 0.5) is 40.0 Å². The lowest BCUT2D eigenvalue weighted by atomic mass is 10.1. The van der Waals surface area contributed by atoms with Gasteiger partial charge in [0, 0.05) is 56.0 Å². The monoisotopic (exact) mass is 640 g/mol. The van der Waals surface area contributed by atoms with Gasteiger partial charge in [-0.1, -0.05) is 12.1 Å². The first kappa shape index (κ1) is 32.5. The quantitative estimate of drug-likeness (QED) is 0.343. The van der Waals surface area contributed by atoms with Crippen molar-refractivity contribution in [3.05, 3.63) is 70.9 Å². The van der Waals surface area contributed by atoms with E-state index in [1.54, 1.807) is 43.3 Å². The predicted octanol–water partition coefficient (Wildman–Crippen LogP) is 6.41. The Labute approximate surface area is 264 Å². The number of carbonyl (C=O) groups excluding carboxylic acids is 3. The number of halogens is 3. The zero-order valence-corrected chi connectivity index (χ0v) is 26.1. The van der Waals surface area contributed by atoms with Gasteiger partial charge in [0.05, 0.1) is 17.8 Å². The average Bonchev–Trinajstić information content (AvgIpc) is 2.99. The predicted molar refractivity (Wildman–Crippen MR) is 164 cm³/mol. The van der Waals surface area contributed by atoms with Gasteiger partial charge >= 0.3 is 24.3 Å². The first-order valence-corrected chi connectivity index (χ1v) is 14.7. The molecule has 2 aliphatic rings. The lowest BCUT2D eigenvalue weighted by Crippen LogP contribution is -2.46. The summed E-state index contributed by atoms with van der Waals surface area (Å²) in [4.78, 5) is 52.1. The molecule has 3 aromatic rings. The molecule has 1 fully saturated rings. The highest BCUT2D eigenvalue weighted by atomic mass is 19.4. The Morgan fingerprint density at radius 2 is 1.76 bits per heavy atom. The van der Waals surface area contributed by atoms with Crippen LogP contribution in [0.15, 0.2) is 48.7 Å². The molecule has 4 amide bonds. The molecule has 1 aromatic heterocycles. The number of benzene rings is 2. The number of aromatic nitrogens is 2. The van der Waals surface area contributed by atoms with E-state index in [9.17, 15) is 27.6 Å². The summed E-state index contributed by atoms with van der Waals surface area (Å²) in [5, 5.41) is 2.63. The summed E-state index contributed by atoms with van der Waals surface area (Å²) in [6.07, 6.45) is -2.42. The summed E-state index contributed by atoms with van der Waals surface area (Å²) in [5.41, 5.74) is 0.553. The van der Waals surface area contributed by atoms with Crippen LogP contribution >= 0.6 is 0 Å². The van der Waals surface area contributed by atoms with Crippen molar-refractivity contribution < 1.29 is 37.0 Å². The number of rotatable bonds is 5. The third kappa shape index (κ3) is 7.32. The second-order valence-corrected chi connectivity index (χ2v) is 12.2. The molecular formula is C32H35F3N6O5. The van der Waals surface area contributed by atoms with Crippen LogP contribution in [0.2, 0.25) is 0 Å². The summed E-state index contributed by atoms with van der Waals surface area (Å²) in [6, 6.07) is 8.81. The minimum Gasteiger partial charge on any atom is -0.460 e. The van der Waals surface area contributed by atoms with Crippen LogP contribution in [0.1, 0.15) is 60.7 Å². The van der Waals surface area contributed by atoms with Gasteiger partial charge in [-0.3, -0.25) is 14.6 Å². The summed E-state index contributed by atoms with van der Waals surface area (Å²) in [5.74, 6) is -0.325. The van der Waals surface area contributed by atoms with Gasteiger partial charge < -0.3 is 19.7 Å². The van der Waals surface area contributed by atoms with Gasteiger partial charge in [0.25, 0.3) is 5.91 Å². The highest BCUT2D eigenvalue weighted by Gasteiger charge is 2.34. The maximum Gasteiger partial charge on any atom is 0.416 e. The Bertz CT molecular complexity index is 1650. The zero-order chi connectivity index (χ0) is 33.4. The SMILES string of the molecule is Cc1ccc(NC(=O)c2cccc(C(F)(F)F)c2)cc1N1Cc2cnc(OC3CCN(C(=O)OC(C)(C)C)CC3)nc2N(C)C1=O. The van der Waals surface area contributed by atoms with E-state index >= 15 is 0 Å². The molecule has 1 N–H and O–H groups in total. The van der Waals surface area contributed by atoms with Crippen LogP contribution in [-0.4, -0.2) is 64.7 Å². The smallest absolute Gasteiger partial charge is 0.416 e. The second-order valence-electron chi connectivity index (χ2n) is 12.2. The van der Waals surface area contributed by atoms with Crippen molar-refractivity contribution in [2.24, 2.45) is 0 Å². The van der Waals surface area contributed by atoms with Gasteiger partial charge in [-0.05, 0) is 63.6 Å². The van der Waals surface area contributed by atoms with E-state index in [4.69, 9.17) is 9.47 Å². The fraction of sp³-hybridized carbons (Fsp3) is 0.406. The van der Waals surface area contributed by atoms with Gasteiger partial charge in [-0.25, -0.2) is 14.6 Å². The number of likely N-dealkylation sites (tertiary alicyclic amines) is 1. The summed E-state index contributed by atoms with van der Waals surface area (Å²) < 4.78 is 50.9. The number of urea groups is 1. The molecule has 0 atom stereocenters. The zero-order valence-electron chi connectivity index (χ0n) is 26.1. The highest BCUT2D eigenvalue weighted by molar-refractivity contribution is 6.07. The molecule has 14 heteroatoms. The molecule has 3 heterocycles. The molecule has 0 spiro atoms. The Kier molecular flexibility index (Phi) is 8.83. The molecule has 2 aromatic carbocycles. The Morgan fingerprint density at radius 3 is 2.43 bits per heavy atom. The van der Waals surface area contributed by atoms with E-state index in [-0.39, 0.29) is 36.3 Å². The summed E-state index contributed by atoms with van der Waals surface area (Å²) >= 11 is 0. The third-order valence-electron chi connectivity index (χ3n) is 7.56. The number of carbonyl (C=O) groups is 3. The van der Waals surface area contributed by atoms with Crippen LogP contribution in [0.5, 0.6) is 6.01 Å². The number of hydrogen-bond acceptors (Lipinski definition) is 7. The molecule has 0 aliphatic carbocycles. The number of hydrogen-bond donors (Lipinski definition) is 1. The number of amides is 4. The van der Waals surface area contributed by atoms with Crippen LogP contribution in [0.3, 0.4) is 0 Å². The molecule has 0 unspecified atom stereocenters. The van der Waals surface area contributed by atoms with E-state index in [0.29, 0.717) is 48.7 Å². The molecular weight excluding hydrogens is 605 g/mol. The number of piperidine rings is 1. The Morgan fingerprint density at radius 1 is 1.04 bits per heavy atom. The van der Waals surface area contributed by atoms with Gasteiger partial charge in [-0.2, -0.15) is 18.2 Å². The average molecular weight is 641 g/mol. The second kappa shape index (κ2) is 12.5. The molecule has 5 rings (SSSR count). The number of ether oxygens (including phenoxy) is 2. The number of anilines is 3. The largest absolute Gasteiger partial charge is 0.460 e. The van der Waals surface area contributed by atoms with Gasteiger partial charge in [0.2, 0.25) is 0 Å². The van der Waals surface area contributed by atoms with Crippen LogP contribution in [0, 0.1) is 6.92 Å². The molecule has 11 nitrogen and oxygen atoms in total. The summed E-state index contributed by atoms with van der Waals surface area (Å²) in [6.45, 7) is 8.34. The van der Waals surface area contributed by atoms with Crippen molar-refractivity contribution in [1.82, 2.24) is 14.9 Å². The van der Waals surface area contributed by atoms with Crippen molar-refractivity contribution in [3.8, 4) is 6.01 Å². The van der Waals surface area contributed by atoms with Crippen molar-refractivity contribution in [2.45, 2.75) is 65.0 Å². The van der Waals surface area contributed by atoms with Crippen LogP contribution in [-0.2, 0) is 17.5 Å². The normalized spacial score (nSPS) is 15.8. The fourth-order valence-electron chi connectivity index (χ4n) is 5.19. The molecule has 0 saturated carbocycles. The number of nitrogens with one attached hydrogen (secondary N) is 1. The van der Waals surface area contributed by atoms with Crippen molar-refractivity contribution in [1.29, 1.82) is 0 Å². The minimum atomic E-state index is -4.58. The molecule has 244 valence electrons. The number of fused-ring (bicyclic) bond motifs is 1. The standard InChI is InChI=1S/C32H35F3N6O5/c1-19-9-10-23(37-27(42)20-7-6-8-22(15-20)32(33,34)35)16-25(19)41-18-21-17-36-28(38-26(21)39(5)29(41)43)45-24-11-13-40(14-12-24)30(44)46-31(2,3)4/h6-10,15-17,24H,11-14,18H2,1-5H3,(H,37,42). The molecule has 46 heavy (non-hydrogen) atoms. The van der Waals surface area contributed by atoms with Gasteiger partial charge in [0.15, 0.2) is 0 Å². The van der Waals surface area contributed by atoms with Crippen molar-refractivity contribution in [3.63, 3.8) is 0 Å². The van der Waals surface area contributed by atoms with Crippen LogP contribution < -0.4 is 19.9 Å². The lowest BCUT2D eigenvalue weighted by Gasteiger charge is -2.35. The maximum atomic E-state index is 13.5. The van der Waals surface area contributed by atoms with Gasteiger partial charge in [0.1, 0.15) is 17.5 Å². The molecule has 0 radical (unpaired) electrons. The van der Waals surface area contributed by atoms with Gasteiger partial charge in [-0.15, -0.1) is 0 Å².